The van der Waals surface area contributed by atoms with Crippen molar-refractivity contribution in [3.05, 3.63) is 58.4 Å². The molecule has 0 unspecified atom stereocenters. The number of aromatic nitrogens is 1. The zero-order valence-corrected chi connectivity index (χ0v) is 18.7. The molecule has 0 saturated heterocycles. The van der Waals surface area contributed by atoms with Gasteiger partial charge in [-0.2, -0.15) is 4.99 Å². The first-order valence-electron chi connectivity index (χ1n) is 9.19. The number of methoxy groups -OCH3 is 1. The van der Waals surface area contributed by atoms with Crippen LogP contribution in [0.15, 0.2) is 52.4 Å². The molecule has 0 fully saturated rings. The Morgan fingerprint density at radius 3 is 2.53 bits per heavy atom. The lowest BCUT2D eigenvalue weighted by atomic mass is 10.0. The van der Waals surface area contributed by atoms with E-state index in [1.165, 1.54) is 42.7 Å². The van der Waals surface area contributed by atoms with E-state index in [1.54, 1.807) is 4.57 Å². The van der Waals surface area contributed by atoms with E-state index in [-0.39, 0.29) is 17.0 Å². The molecule has 158 valence electrons. The predicted molar refractivity (Wildman–Crippen MR) is 115 cm³/mol. The second kappa shape index (κ2) is 8.53. The number of rotatable bonds is 5. The number of carbonyl (C=O) groups excluding carboxylic acids is 2. The molecule has 1 heterocycles. The quantitative estimate of drug-likeness (QED) is 0.561. The molecule has 0 bridgehead atoms. The van der Waals surface area contributed by atoms with Crippen molar-refractivity contribution in [3.63, 3.8) is 0 Å². The van der Waals surface area contributed by atoms with E-state index in [0.29, 0.717) is 10.7 Å². The molecule has 3 aromatic rings. The molecule has 9 heteroatoms. The summed E-state index contributed by atoms with van der Waals surface area (Å²) in [6.45, 7) is 4.08. The zero-order chi connectivity index (χ0) is 22.1. The van der Waals surface area contributed by atoms with Crippen LogP contribution in [0.25, 0.3) is 10.2 Å². The Morgan fingerprint density at radius 2 is 1.90 bits per heavy atom. The Morgan fingerprint density at radius 1 is 1.17 bits per heavy atom. The zero-order valence-electron chi connectivity index (χ0n) is 17.1. The summed E-state index contributed by atoms with van der Waals surface area (Å²) in [5.74, 6) is -0.725. The first-order valence-corrected chi connectivity index (χ1v) is 11.9. The summed E-state index contributed by atoms with van der Waals surface area (Å²) in [6, 6.07) is 11.6. The van der Waals surface area contributed by atoms with Crippen molar-refractivity contribution in [3.8, 4) is 0 Å². The number of thiazole rings is 1. The molecular weight excluding hydrogens is 424 g/mol. The van der Waals surface area contributed by atoms with Gasteiger partial charge >= 0.3 is 5.97 Å². The van der Waals surface area contributed by atoms with Crippen LogP contribution in [-0.2, 0) is 25.9 Å². The van der Waals surface area contributed by atoms with Gasteiger partial charge in [0.2, 0.25) is 0 Å². The highest BCUT2D eigenvalue weighted by molar-refractivity contribution is 7.90. The third kappa shape index (κ3) is 4.68. The molecule has 1 aromatic heterocycles. The molecular formula is C21H22N2O5S2. The molecule has 3 rings (SSSR count). The van der Waals surface area contributed by atoms with Crippen LogP contribution >= 0.6 is 11.3 Å². The van der Waals surface area contributed by atoms with Crippen LogP contribution in [0.2, 0.25) is 0 Å². The summed E-state index contributed by atoms with van der Waals surface area (Å²) in [4.78, 5) is 29.3. The first-order chi connectivity index (χ1) is 14.1. The van der Waals surface area contributed by atoms with Crippen LogP contribution in [0.3, 0.4) is 0 Å². The van der Waals surface area contributed by atoms with Gasteiger partial charge in [-0.3, -0.25) is 9.59 Å². The first kappa shape index (κ1) is 21.9. The molecule has 30 heavy (non-hydrogen) atoms. The molecule has 1 amide bonds. The second-order valence-electron chi connectivity index (χ2n) is 7.15. The van der Waals surface area contributed by atoms with Gasteiger partial charge in [0.1, 0.15) is 6.54 Å². The van der Waals surface area contributed by atoms with Crippen LogP contribution in [0, 0.1) is 0 Å². The van der Waals surface area contributed by atoms with Gasteiger partial charge in [0, 0.05) is 11.8 Å². The Kier molecular flexibility index (Phi) is 6.23. The minimum atomic E-state index is -3.45. The SMILES string of the molecule is COC(=O)Cn1c(=NC(=O)c2cccc(S(C)(=O)=O)c2)sc2cc(C(C)C)ccc21. The molecule has 2 aromatic carbocycles. The number of carbonyl (C=O) groups is 2. The Balaban J connectivity index is 2.15. The Bertz CT molecular complexity index is 1300. The number of amides is 1. The number of benzene rings is 2. The lowest BCUT2D eigenvalue weighted by molar-refractivity contribution is -0.141. The molecule has 0 aliphatic rings. The van der Waals surface area contributed by atoms with Crippen LogP contribution in [-0.4, -0.2) is 38.2 Å². The van der Waals surface area contributed by atoms with Crippen molar-refractivity contribution in [1.82, 2.24) is 4.57 Å². The maximum atomic E-state index is 12.8. The van der Waals surface area contributed by atoms with E-state index in [1.807, 2.05) is 18.2 Å². The number of hydrogen-bond acceptors (Lipinski definition) is 6. The molecule has 0 saturated carbocycles. The highest BCUT2D eigenvalue weighted by Gasteiger charge is 2.15. The normalized spacial score (nSPS) is 12.5. The summed E-state index contributed by atoms with van der Waals surface area (Å²) in [5, 5.41) is 0. The molecule has 0 N–H and O–H groups in total. The highest BCUT2D eigenvalue weighted by Crippen LogP contribution is 2.24. The van der Waals surface area contributed by atoms with E-state index in [0.717, 1.165) is 22.0 Å². The van der Waals surface area contributed by atoms with Crippen LogP contribution in [0.1, 0.15) is 35.7 Å². The van der Waals surface area contributed by atoms with E-state index in [2.05, 4.69) is 18.8 Å². The predicted octanol–water partition coefficient (Wildman–Crippen LogP) is 3.14. The summed E-state index contributed by atoms with van der Waals surface area (Å²) in [6.07, 6.45) is 1.08. The van der Waals surface area contributed by atoms with Crippen molar-refractivity contribution in [2.24, 2.45) is 4.99 Å². The van der Waals surface area contributed by atoms with Crippen LogP contribution in [0.4, 0.5) is 0 Å². The average molecular weight is 447 g/mol. The number of sulfone groups is 1. The summed E-state index contributed by atoms with van der Waals surface area (Å²) in [5.41, 5.74) is 2.06. The highest BCUT2D eigenvalue weighted by atomic mass is 32.2. The molecule has 0 atom stereocenters. The Labute approximate surface area is 178 Å². The van der Waals surface area contributed by atoms with Crippen molar-refractivity contribution < 1.29 is 22.7 Å². The topological polar surface area (TPSA) is 94.8 Å². The van der Waals surface area contributed by atoms with Crippen molar-refractivity contribution in [2.45, 2.75) is 31.2 Å². The number of esters is 1. The van der Waals surface area contributed by atoms with Gasteiger partial charge in [-0.15, -0.1) is 0 Å². The fourth-order valence-electron chi connectivity index (χ4n) is 2.89. The van der Waals surface area contributed by atoms with E-state index < -0.39 is 21.7 Å². The van der Waals surface area contributed by atoms with E-state index in [9.17, 15) is 18.0 Å². The lowest BCUT2D eigenvalue weighted by Gasteiger charge is -2.06. The fraction of sp³-hybridized carbons (Fsp3) is 0.286. The van der Waals surface area contributed by atoms with Crippen molar-refractivity contribution in [1.29, 1.82) is 0 Å². The van der Waals surface area contributed by atoms with Crippen molar-refractivity contribution in [2.75, 3.05) is 13.4 Å². The van der Waals surface area contributed by atoms with Gasteiger partial charge < -0.3 is 9.30 Å². The van der Waals surface area contributed by atoms with Gasteiger partial charge in [-0.1, -0.05) is 37.3 Å². The van der Waals surface area contributed by atoms with Gasteiger partial charge in [0.25, 0.3) is 5.91 Å². The van der Waals surface area contributed by atoms with Gasteiger partial charge in [-0.05, 0) is 41.8 Å². The third-order valence-electron chi connectivity index (χ3n) is 4.59. The summed E-state index contributed by atoms with van der Waals surface area (Å²) in [7, 11) is -2.15. The number of fused-ring (bicyclic) bond motifs is 1. The second-order valence-corrected chi connectivity index (χ2v) is 10.2. The Hall–Kier alpha value is -2.78. The summed E-state index contributed by atoms with van der Waals surface area (Å²) >= 11 is 1.29. The molecule has 7 nitrogen and oxygen atoms in total. The smallest absolute Gasteiger partial charge is 0.325 e. The monoisotopic (exact) mass is 446 g/mol. The lowest BCUT2D eigenvalue weighted by Crippen LogP contribution is -2.22. The number of nitrogens with zero attached hydrogens (tertiary/aromatic N) is 2. The standard InChI is InChI=1S/C21H22N2O5S2/c1-13(2)14-8-9-17-18(11-14)29-21(23(17)12-19(24)28-3)22-20(25)15-6-5-7-16(10-15)30(4,26)27/h5-11,13H,12H2,1-4H3. The maximum Gasteiger partial charge on any atom is 0.325 e. The van der Waals surface area contributed by atoms with Crippen molar-refractivity contribution >= 4 is 43.3 Å². The molecule has 0 aliphatic heterocycles. The van der Waals surface area contributed by atoms with Gasteiger partial charge in [0.15, 0.2) is 14.6 Å². The fourth-order valence-corrected chi connectivity index (χ4v) is 4.63. The number of ether oxygens (including phenoxy) is 1. The molecule has 0 spiro atoms. The molecule has 0 aliphatic carbocycles. The average Bonchev–Trinajstić information content (AvgIpc) is 3.03. The third-order valence-corrected chi connectivity index (χ3v) is 6.75. The van der Waals surface area contributed by atoms with E-state index in [4.69, 9.17) is 4.74 Å². The largest absolute Gasteiger partial charge is 0.468 e. The minimum absolute atomic E-state index is 0.0453. The van der Waals surface area contributed by atoms with Gasteiger partial charge in [0.05, 0.1) is 22.2 Å². The van der Waals surface area contributed by atoms with E-state index >= 15 is 0 Å². The summed E-state index contributed by atoms with van der Waals surface area (Å²) < 4.78 is 30.9. The molecule has 0 radical (unpaired) electrons. The minimum Gasteiger partial charge on any atom is -0.468 e. The van der Waals surface area contributed by atoms with Crippen LogP contribution in [0.5, 0.6) is 0 Å². The van der Waals surface area contributed by atoms with Crippen LogP contribution < -0.4 is 4.80 Å². The maximum absolute atomic E-state index is 12.8. The number of hydrogen-bond donors (Lipinski definition) is 0. The van der Waals surface area contributed by atoms with Gasteiger partial charge in [-0.25, -0.2) is 8.42 Å².